The molecule has 0 saturated carbocycles. The fourth-order valence-electron chi connectivity index (χ4n) is 1.37. The molecular weight excluding hydrogens is 208 g/mol. The second-order valence-electron chi connectivity index (χ2n) is 3.18. The normalized spacial score (nSPS) is 10.1. The highest BCUT2D eigenvalue weighted by Gasteiger charge is 2.19. The molecule has 4 nitrogen and oxygen atoms in total. The van der Waals surface area contributed by atoms with Gasteiger partial charge in [-0.15, -0.1) is 0 Å². The zero-order valence-electron chi connectivity index (χ0n) is 8.64. The Morgan fingerprint density at radius 1 is 1.31 bits per heavy atom. The van der Waals surface area contributed by atoms with Gasteiger partial charge in [0.05, 0.1) is 7.11 Å². The minimum Gasteiger partial charge on any atom is -0.504 e. The van der Waals surface area contributed by atoms with E-state index < -0.39 is 5.97 Å². The van der Waals surface area contributed by atoms with Crippen molar-refractivity contribution in [3.63, 3.8) is 0 Å². The molecule has 0 aliphatic carbocycles. The van der Waals surface area contributed by atoms with Gasteiger partial charge in [0, 0.05) is 11.6 Å². The van der Waals surface area contributed by atoms with Gasteiger partial charge in [-0.25, -0.2) is 4.79 Å². The van der Waals surface area contributed by atoms with Crippen molar-refractivity contribution in [1.29, 1.82) is 0 Å². The number of hydrogen-bond donors (Lipinski definition) is 1. The van der Waals surface area contributed by atoms with Crippen molar-refractivity contribution < 1.29 is 19.1 Å². The minimum atomic E-state index is -0.695. The number of esters is 1. The van der Waals surface area contributed by atoms with Gasteiger partial charge >= 0.3 is 5.97 Å². The number of furan rings is 1. The second-order valence-corrected chi connectivity index (χ2v) is 3.18. The Morgan fingerprint density at radius 3 is 2.62 bits per heavy atom. The monoisotopic (exact) mass is 218 g/mol. The third kappa shape index (κ3) is 1.77. The predicted octanol–water partition coefficient (Wildman–Crippen LogP) is 2.44. The van der Waals surface area contributed by atoms with Crippen LogP contribution in [-0.4, -0.2) is 18.2 Å². The van der Waals surface area contributed by atoms with Crippen molar-refractivity contribution in [2.24, 2.45) is 0 Å². The minimum absolute atomic E-state index is 0.179. The van der Waals surface area contributed by atoms with Crippen LogP contribution in [0, 0.1) is 0 Å². The SMILES string of the molecule is COC(=O)c1oc(-c2ccccc2)cc1O. The molecule has 0 spiro atoms. The summed E-state index contributed by atoms with van der Waals surface area (Å²) in [5, 5.41) is 9.50. The summed E-state index contributed by atoms with van der Waals surface area (Å²) in [7, 11) is 1.23. The maximum atomic E-state index is 11.2. The Hall–Kier alpha value is -2.23. The van der Waals surface area contributed by atoms with Crippen LogP contribution >= 0.6 is 0 Å². The van der Waals surface area contributed by atoms with E-state index in [0.717, 1.165) is 5.56 Å². The first-order valence-corrected chi connectivity index (χ1v) is 4.69. The van der Waals surface area contributed by atoms with E-state index in [0.29, 0.717) is 5.76 Å². The molecule has 2 aromatic rings. The van der Waals surface area contributed by atoms with Crippen molar-refractivity contribution >= 4 is 5.97 Å². The highest BCUT2D eigenvalue weighted by atomic mass is 16.5. The van der Waals surface area contributed by atoms with Crippen LogP contribution in [0.15, 0.2) is 40.8 Å². The van der Waals surface area contributed by atoms with Crippen molar-refractivity contribution in [3.05, 3.63) is 42.2 Å². The van der Waals surface area contributed by atoms with Crippen LogP contribution in [0.2, 0.25) is 0 Å². The molecule has 16 heavy (non-hydrogen) atoms. The summed E-state index contributed by atoms with van der Waals surface area (Å²) in [5.74, 6) is -0.662. The van der Waals surface area contributed by atoms with E-state index in [4.69, 9.17) is 4.42 Å². The van der Waals surface area contributed by atoms with Gasteiger partial charge in [-0.3, -0.25) is 0 Å². The fraction of sp³-hybridized carbons (Fsp3) is 0.0833. The zero-order valence-corrected chi connectivity index (χ0v) is 8.64. The number of hydrogen-bond acceptors (Lipinski definition) is 4. The van der Waals surface area contributed by atoms with Gasteiger partial charge in [0.25, 0.3) is 5.76 Å². The van der Waals surface area contributed by atoms with Gasteiger partial charge in [0.15, 0.2) is 5.75 Å². The standard InChI is InChI=1S/C12H10O4/c1-15-12(14)11-9(13)7-10(16-11)8-5-3-2-4-6-8/h2-7,13H,1H3. The van der Waals surface area contributed by atoms with Crippen LogP contribution in [0.4, 0.5) is 0 Å². The maximum Gasteiger partial charge on any atom is 0.377 e. The first kappa shape index (κ1) is 10.3. The Bertz CT molecular complexity index is 499. The van der Waals surface area contributed by atoms with Crippen molar-refractivity contribution in [2.75, 3.05) is 7.11 Å². The Labute approximate surface area is 92.1 Å². The van der Waals surface area contributed by atoms with E-state index in [1.165, 1.54) is 13.2 Å². The number of rotatable bonds is 2. The van der Waals surface area contributed by atoms with Crippen LogP contribution in [0.5, 0.6) is 5.75 Å². The third-order valence-corrected chi connectivity index (χ3v) is 2.14. The molecule has 0 fully saturated rings. The molecule has 0 aliphatic rings. The average molecular weight is 218 g/mol. The average Bonchev–Trinajstić information content (AvgIpc) is 2.71. The Kier molecular flexibility index (Phi) is 2.64. The van der Waals surface area contributed by atoms with Gasteiger partial charge < -0.3 is 14.3 Å². The summed E-state index contributed by atoms with van der Waals surface area (Å²) in [4.78, 5) is 11.2. The number of carbonyl (C=O) groups excluding carboxylic acids is 1. The highest BCUT2D eigenvalue weighted by molar-refractivity contribution is 5.90. The highest BCUT2D eigenvalue weighted by Crippen LogP contribution is 2.30. The maximum absolute atomic E-state index is 11.2. The topological polar surface area (TPSA) is 59.7 Å². The lowest BCUT2D eigenvalue weighted by Gasteiger charge is -1.95. The van der Waals surface area contributed by atoms with E-state index in [-0.39, 0.29) is 11.5 Å². The molecule has 1 heterocycles. The fourth-order valence-corrected chi connectivity index (χ4v) is 1.37. The lowest BCUT2D eigenvalue weighted by Crippen LogP contribution is -1.98. The summed E-state index contributed by atoms with van der Waals surface area (Å²) in [6.45, 7) is 0. The molecule has 0 amide bonds. The summed E-state index contributed by atoms with van der Waals surface area (Å²) in [5.41, 5.74) is 0.785. The van der Waals surface area contributed by atoms with E-state index in [9.17, 15) is 9.90 Å². The molecule has 0 aliphatic heterocycles. The Balaban J connectivity index is 2.42. The number of benzene rings is 1. The smallest absolute Gasteiger partial charge is 0.377 e. The number of carbonyl (C=O) groups is 1. The van der Waals surface area contributed by atoms with Gasteiger partial charge in [0.2, 0.25) is 0 Å². The molecule has 1 N–H and O–H groups in total. The van der Waals surface area contributed by atoms with Crippen molar-refractivity contribution in [1.82, 2.24) is 0 Å². The van der Waals surface area contributed by atoms with Gasteiger partial charge in [0.1, 0.15) is 5.76 Å². The molecule has 0 bridgehead atoms. The molecule has 2 rings (SSSR count). The van der Waals surface area contributed by atoms with E-state index in [2.05, 4.69) is 4.74 Å². The molecule has 4 heteroatoms. The molecule has 0 radical (unpaired) electrons. The summed E-state index contributed by atoms with van der Waals surface area (Å²) in [6.07, 6.45) is 0. The van der Waals surface area contributed by atoms with Crippen LogP contribution in [0.3, 0.4) is 0 Å². The summed E-state index contributed by atoms with van der Waals surface area (Å²) >= 11 is 0. The first-order valence-electron chi connectivity index (χ1n) is 4.69. The summed E-state index contributed by atoms with van der Waals surface area (Å²) in [6, 6.07) is 10.6. The second kappa shape index (κ2) is 4.10. The zero-order chi connectivity index (χ0) is 11.5. The molecular formula is C12H10O4. The molecule has 82 valence electrons. The van der Waals surface area contributed by atoms with Crippen LogP contribution < -0.4 is 0 Å². The summed E-state index contributed by atoms with van der Waals surface area (Å²) < 4.78 is 9.70. The van der Waals surface area contributed by atoms with Crippen LogP contribution in [-0.2, 0) is 4.74 Å². The number of aromatic hydroxyl groups is 1. The van der Waals surface area contributed by atoms with Gasteiger partial charge in [-0.1, -0.05) is 30.3 Å². The molecule has 0 unspecified atom stereocenters. The molecule has 0 saturated heterocycles. The van der Waals surface area contributed by atoms with Crippen molar-refractivity contribution in [2.45, 2.75) is 0 Å². The van der Waals surface area contributed by atoms with Crippen LogP contribution in [0.1, 0.15) is 10.6 Å². The van der Waals surface area contributed by atoms with Crippen LogP contribution in [0.25, 0.3) is 11.3 Å². The van der Waals surface area contributed by atoms with Gasteiger partial charge in [-0.05, 0) is 0 Å². The third-order valence-electron chi connectivity index (χ3n) is 2.14. The van der Waals surface area contributed by atoms with E-state index in [1.54, 1.807) is 0 Å². The lowest BCUT2D eigenvalue weighted by atomic mass is 10.2. The number of ether oxygens (including phenoxy) is 1. The quantitative estimate of drug-likeness (QED) is 0.786. The lowest BCUT2D eigenvalue weighted by molar-refractivity contribution is 0.0561. The molecule has 1 aromatic carbocycles. The van der Waals surface area contributed by atoms with Crippen molar-refractivity contribution in [3.8, 4) is 17.1 Å². The van der Waals surface area contributed by atoms with E-state index in [1.807, 2.05) is 30.3 Å². The molecule has 1 aromatic heterocycles. The predicted molar refractivity (Wildman–Crippen MR) is 57.1 cm³/mol. The van der Waals surface area contributed by atoms with E-state index >= 15 is 0 Å². The first-order chi connectivity index (χ1) is 7.72. The molecule has 0 atom stereocenters. The number of methoxy groups -OCH3 is 1. The largest absolute Gasteiger partial charge is 0.504 e. The van der Waals surface area contributed by atoms with Gasteiger partial charge in [-0.2, -0.15) is 0 Å². The Morgan fingerprint density at radius 2 is 2.00 bits per heavy atom.